The van der Waals surface area contributed by atoms with Crippen LogP contribution >= 0.6 is 0 Å². The largest absolute Gasteiger partial charge is 0.0654 e. The molecule has 0 nitrogen and oxygen atoms in total. The molecular weight excluding hydrogens is 420 g/mol. The van der Waals surface area contributed by atoms with Gasteiger partial charge in [0.05, 0.1) is 0 Å². The summed E-state index contributed by atoms with van der Waals surface area (Å²) in [6.45, 7) is 9.61. The van der Waals surface area contributed by atoms with Gasteiger partial charge in [-0.15, -0.1) is 0 Å². The van der Waals surface area contributed by atoms with Crippen LogP contribution in [0.5, 0.6) is 0 Å². The Kier molecular flexibility index (Phi) is 30.2. The molecule has 0 aromatic carbocycles. The molecule has 0 aliphatic heterocycles. The van der Waals surface area contributed by atoms with Gasteiger partial charge in [0, 0.05) is 0 Å². The van der Waals surface area contributed by atoms with Crippen molar-refractivity contribution in [3.63, 3.8) is 0 Å². The first-order valence-corrected chi connectivity index (χ1v) is 17.2. The molecule has 0 fully saturated rings. The summed E-state index contributed by atoms with van der Waals surface area (Å²) in [6.07, 6.45) is 42.6. The average Bonchev–Trinajstić information content (AvgIpc) is 2.85. The average molecular weight is 493 g/mol. The van der Waals surface area contributed by atoms with Crippen LogP contribution in [0, 0.1) is 11.8 Å². The molecule has 0 aromatic heterocycles. The first kappa shape index (κ1) is 35.0. The molecule has 0 heteroatoms. The van der Waals surface area contributed by atoms with Gasteiger partial charge >= 0.3 is 0 Å². The van der Waals surface area contributed by atoms with Crippen molar-refractivity contribution in [2.24, 2.45) is 11.8 Å². The second kappa shape index (κ2) is 30.2. The Balaban J connectivity index is 3.21. The maximum atomic E-state index is 2.50. The molecule has 212 valence electrons. The highest BCUT2D eigenvalue weighted by atomic mass is 14.1. The SMILES string of the molecule is CCCCCCCCCCCC[C@H](C)CCCCCCCCCCC[C@H](C)CCCCCCCC. The number of unbranched alkanes of at least 4 members (excludes halogenated alkanes) is 22. The van der Waals surface area contributed by atoms with E-state index < -0.39 is 0 Å². The topological polar surface area (TPSA) is 0 Å². The second-order valence-corrected chi connectivity index (χ2v) is 12.5. The zero-order chi connectivity index (χ0) is 25.7. The van der Waals surface area contributed by atoms with E-state index in [2.05, 4.69) is 27.7 Å². The van der Waals surface area contributed by atoms with Crippen molar-refractivity contribution in [1.82, 2.24) is 0 Å². The quantitative estimate of drug-likeness (QED) is 0.0874. The first-order valence-electron chi connectivity index (χ1n) is 17.2. The summed E-state index contributed by atoms with van der Waals surface area (Å²) in [5.74, 6) is 1.93. The number of hydrogen-bond donors (Lipinski definition) is 0. The van der Waals surface area contributed by atoms with Crippen LogP contribution in [-0.2, 0) is 0 Å². The Morgan fingerprint density at radius 3 is 0.629 bits per heavy atom. The van der Waals surface area contributed by atoms with Gasteiger partial charge in [-0.3, -0.25) is 0 Å². The Morgan fingerprint density at radius 1 is 0.257 bits per heavy atom. The molecule has 0 bridgehead atoms. The Bertz CT molecular complexity index is 359. The summed E-state index contributed by atoms with van der Waals surface area (Å²) in [5.41, 5.74) is 0. The van der Waals surface area contributed by atoms with Crippen molar-refractivity contribution in [3.8, 4) is 0 Å². The molecule has 0 radical (unpaired) electrons. The summed E-state index contributed by atoms with van der Waals surface area (Å²) in [4.78, 5) is 0. The first-order chi connectivity index (χ1) is 17.2. The van der Waals surface area contributed by atoms with E-state index in [1.165, 1.54) is 186 Å². The lowest BCUT2D eigenvalue weighted by Gasteiger charge is -2.11. The van der Waals surface area contributed by atoms with Crippen molar-refractivity contribution >= 4 is 0 Å². The highest BCUT2D eigenvalue weighted by Gasteiger charge is 2.04. The molecule has 0 amide bonds. The van der Waals surface area contributed by atoms with Crippen LogP contribution in [0.4, 0.5) is 0 Å². The van der Waals surface area contributed by atoms with Gasteiger partial charge in [-0.1, -0.05) is 214 Å². The van der Waals surface area contributed by atoms with E-state index in [9.17, 15) is 0 Å². The summed E-state index contributed by atoms with van der Waals surface area (Å²) >= 11 is 0. The van der Waals surface area contributed by atoms with Gasteiger partial charge in [0.1, 0.15) is 0 Å². The zero-order valence-corrected chi connectivity index (χ0v) is 25.7. The van der Waals surface area contributed by atoms with E-state index in [-0.39, 0.29) is 0 Å². The molecule has 0 spiro atoms. The molecule has 35 heavy (non-hydrogen) atoms. The summed E-state index contributed by atoms with van der Waals surface area (Å²) in [6, 6.07) is 0. The van der Waals surface area contributed by atoms with Crippen molar-refractivity contribution in [3.05, 3.63) is 0 Å². The molecule has 0 heterocycles. The zero-order valence-electron chi connectivity index (χ0n) is 25.7. The van der Waals surface area contributed by atoms with Crippen LogP contribution in [0.25, 0.3) is 0 Å². The normalized spacial score (nSPS) is 13.4. The minimum atomic E-state index is 0.965. The predicted octanol–water partition coefficient (Wildman–Crippen LogP) is 13.6. The van der Waals surface area contributed by atoms with Crippen molar-refractivity contribution in [1.29, 1.82) is 0 Å². The molecule has 0 saturated heterocycles. The van der Waals surface area contributed by atoms with Gasteiger partial charge in [-0.05, 0) is 11.8 Å². The lowest BCUT2D eigenvalue weighted by atomic mass is 9.95. The minimum absolute atomic E-state index is 0.965. The van der Waals surface area contributed by atoms with Crippen LogP contribution in [0.15, 0.2) is 0 Å². The Morgan fingerprint density at radius 2 is 0.429 bits per heavy atom. The van der Waals surface area contributed by atoms with Crippen molar-refractivity contribution in [2.45, 2.75) is 214 Å². The number of rotatable bonds is 30. The summed E-state index contributed by atoms with van der Waals surface area (Å²) in [7, 11) is 0. The Hall–Kier alpha value is 0. The molecule has 0 unspecified atom stereocenters. The third-order valence-electron chi connectivity index (χ3n) is 8.49. The fourth-order valence-electron chi connectivity index (χ4n) is 5.77. The van der Waals surface area contributed by atoms with E-state index in [0.717, 1.165) is 11.8 Å². The molecule has 2 atom stereocenters. The third kappa shape index (κ3) is 30.1. The monoisotopic (exact) mass is 493 g/mol. The highest BCUT2D eigenvalue weighted by molar-refractivity contribution is 4.58. The van der Waals surface area contributed by atoms with Gasteiger partial charge in [0.15, 0.2) is 0 Å². The van der Waals surface area contributed by atoms with Gasteiger partial charge in [-0.2, -0.15) is 0 Å². The van der Waals surface area contributed by atoms with E-state index in [1.807, 2.05) is 0 Å². The van der Waals surface area contributed by atoms with E-state index in [0.29, 0.717) is 0 Å². The maximum Gasteiger partial charge on any atom is -0.0443 e. The summed E-state index contributed by atoms with van der Waals surface area (Å²) < 4.78 is 0. The van der Waals surface area contributed by atoms with Crippen LogP contribution in [0.1, 0.15) is 214 Å². The molecule has 0 aliphatic rings. The predicted molar refractivity (Wildman–Crippen MR) is 164 cm³/mol. The van der Waals surface area contributed by atoms with E-state index >= 15 is 0 Å². The van der Waals surface area contributed by atoms with Gasteiger partial charge in [-0.25, -0.2) is 0 Å². The lowest BCUT2D eigenvalue weighted by Crippen LogP contribution is -1.95. The minimum Gasteiger partial charge on any atom is -0.0654 e. The third-order valence-corrected chi connectivity index (χ3v) is 8.49. The van der Waals surface area contributed by atoms with Crippen LogP contribution in [0.3, 0.4) is 0 Å². The van der Waals surface area contributed by atoms with Gasteiger partial charge in [0.2, 0.25) is 0 Å². The number of hydrogen-bond acceptors (Lipinski definition) is 0. The van der Waals surface area contributed by atoms with Crippen LogP contribution in [0.2, 0.25) is 0 Å². The van der Waals surface area contributed by atoms with Gasteiger partial charge in [0.25, 0.3) is 0 Å². The smallest absolute Gasteiger partial charge is 0.0443 e. The second-order valence-electron chi connectivity index (χ2n) is 12.5. The molecule has 0 aliphatic carbocycles. The lowest BCUT2D eigenvalue weighted by molar-refractivity contribution is 0.425. The molecule has 0 rings (SSSR count). The van der Waals surface area contributed by atoms with Crippen molar-refractivity contribution in [2.75, 3.05) is 0 Å². The van der Waals surface area contributed by atoms with Gasteiger partial charge < -0.3 is 0 Å². The molecule has 0 N–H and O–H groups in total. The molecule has 0 saturated carbocycles. The fourth-order valence-corrected chi connectivity index (χ4v) is 5.77. The van der Waals surface area contributed by atoms with Crippen LogP contribution in [-0.4, -0.2) is 0 Å². The van der Waals surface area contributed by atoms with E-state index in [4.69, 9.17) is 0 Å². The molecule has 0 aromatic rings. The highest BCUT2D eigenvalue weighted by Crippen LogP contribution is 2.20. The summed E-state index contributed by atoms with van der Waals surface area (Å²) in [5, 5.41) is 0. The van der Waals surface area contributed by atoms with E-state index in [1.54, 1.807) is 0 Å². The molecular formula is C35H72. The van der Waals surface area contributed by atoms with Crippen molar-refractivity contribution < 1.29 is 0 Å². The Labute approximate surface area is 225 Å². The maximum absolute atomic E-state index is 2.50. The fraction of sp³-hybridized carbons (Fsp3) is 1.00. The standard InChI is InChI=1S/C35H72/c1-5-7-9-11-13-14-16-19-23-27-32-35(4)33-29-25-21-18-15-17-20-24-28-31-34(3)30-26-22-12-10-8-6-2/h34-35H,5-33H2,1-4H3/t34-,35+/m1/s1. The van der Waals surface area contributed by atoms with Crippen LogP contribution < -0.4 is 0 Å².